The predicted octanol–water partition coefficient (Wildman–Crippen LogP) is 0.730. The first kappa shape index (κ1) is 9.67. The standard InChI is InChI=1S/C10H11N3O2/c1-13-8-3-2-6(5-11)4-7(8)12-9(13)10(14)15/h2-4H,5,11H2,1H3,(H,14,15). The molecule has 0 radical (unpaired) electrons. The number of hydrogen-bond acceptors (Lipinski definition) is 3. The van der Waals surface area contributed by atoms with Gasteiger partial charge >= 0.3 is 5.97 Å². The summed E-state index contributed by atoms with van der Waals surface area (Å²) in [7, 11) is 1.68. The molecule has 0 saturated heterocycles. The van der Waals surface area contributed by atoms with Gasteiger partial charge in [-0.25, -0.2) is 9.78 Å². The first-order chi connectivity index (χ1) is 7.13. The van der Waals surface area contributed by atoms with Crippen molar-refractivity contribution in [2.24, 2.45) is 12.8 Å². The van der Waals surface area contributed by atoms with Crippen LogP contribution in [0.15, 0.2) is 18.2 Å². The first-order valence-corrected chi connectivity index (χ1v) is 4.52. The van der Waals surface area contributed by atoms with Crippen LogP contribution < -0.4 is 5.73 Å². The molecule has 0 atom stereocenters. The number of carboxylic acids is 1. The third-order valence-electron chi connectivity index (χ3n) is 2.37. The minimum absolute atomic E-state index is 0.0409. The molecule has 1 heterocycles. The van der Waals surface area contributed by atoms with E-state index in [9.17, 15) is 4.79 Å². The van der Waals surface area contributed by atoms with Crippen molar-refractivity contribution < 1.29 is 9.90 Å². The molecule has 0 aliphatic heterocycles. The SMILES string of the molecule is Cn1c(C(=O)O)nc2cc(CN)ccc21. The van der Waals surface area contributed by atoms with Crippen LogP contribution >= 0.6 is 0 Å². The maximum Gasteiger partial charge on any atom is 0.372 e. The predicted molar refractivity (Wildman–Crippen MR) is 55.6 cm³/mol. The van der Waals surface area contributed by atoms with E-state index in [1.54, 1.807) is 11.6 Å². The molecule has 0 amide bonds. The van der Waals surface area contributed by atoms with Gasteiger partial charge in [-0.1, -0.05) is 6.07 Å². The number of aromatic carboxylic acids is 1. The van der Waals surface area contributed by atoms with Gasteiger partial charge in [0.15, 0.2) is 0 Å². The van der Waals surface area contributed by atoms with Gasteiger partial charge in [0.05, 0.1) is 11.0 Å². The van der Waals surface area contributed by atoms with E-state index in [1.165, 1.54) is 0 Å². The molecule has 0 fully saturated rings. The number of benzene rings is 1. The second-order valence-electron chi connectivity index (χ2n) is 3.33. The third kappa shape index (κ3) is 1.46. The average Bonchev–Trinajstić information content (AvgIpc) is 2.55. The molecule has 0 aliphatic carbocycles. The molecule has 0 spiro atoms. The van der Waals surface area contributed by atoms with E-state index in [0.29, 0.717) is 12.1 Å². The van der Waals surface area contributed by atoms with Gasteiger partial charge in [-0.2, -0.15) is 0 Å². The number of fused-ring (bicyclic) bond motifs is 1. The van der Waals surface area contributed by atoms with E-state index in [1.807, 2.05) is 18.2 Å². The summed E-state index contributed by atoms with van der Waals surface area (Å²) in [6, 6.07) is 5.51. The number of nitrogens with two attached hydrogens (primary N) is 1. The van der Waals surface area contributed by atoms with Gasteiger partial charge in [0.25, 0.3) is 0 Å². The normalized spacial score (nSPS) is 10.8. The Morgan fingerprint density at radius 2 is 2.33 bits per heavy atom. The largest absolute Gasteiger partial charge is 0.475 e. The number of imidazole rings is 1. The number of carbonyl (C=O) groups is 1. The number of aryl methyl sites for hydroxylation is 1. The van der Waals surface area contributed by atoms with Gasteiger partial charge < -0.3 is 15.4 Å². The van der Waals surface area contributed by atoms with Crippen molar-refractivity contribution in [2.45, 2.75) is 6.54 Å². The van der Waals surface area contributed by atoms with Crippen LogP contribution in [0.2, 0.25) is 0 Å². The molecular formula is C10H11N3O2. The molecule has 3 N–H and O–H groups in total. The Bertz CT molecular complexity index is 531. The van der Waals surface area contributed by atoms with Gasteiger partial charge in [-0.15, -0.1) is 0 Å². The molecule has 78 valence electrons. The highest BCUT2D eigenvalue weighted by Gasteiger charge is 2.13. The summed E-state index contributed by atoms with van der Waals surface area (Å²) in [6.07, 6.45) is 0. The second kappa shape index (κ2) is 3.36. The number of aromatic nitrogens is 2. The number of rotatable bonds is 2. The van der Waals surface area contributed by atoms with E-state index in [-0.39, 0.29) is 5.82 Å². The summed E-state index contributed by atoms with van der Waals surface area (Å²) < 4.78 is 1.55. The van der Waals surface area contributed by atoms with Crippen molar-refractivity contribution in [2.75, 3.05) is 0 Å². The second-order valence-corrected chi connectivity index (χ2v) is 3.33. The summed E-state index contributed by atoms with van der Waals surface area (Å²) in [5.41, 5.74) is 7.90. The van der Waals surface area contributed by atoms with Crippen molar-refractivity contribution in [1.82, 2.24) is 9.55 Å². The molecule has 0 unspecified atom stereocenters. The van der Waals surface area contributed by atoms with E-state index in [4.69, 9.17) is 10.8 Å². The molecule has 2 aromatic rings. The fourth-order valence-corrected chi connectivity index (χ4v) is 1.56. The summed E-state index contributed by atoms with van der Waals surface area (Å²) in [5, 5.41) is 8.89. The lowest BCUT2D eigenvalue weighted by Gasteiger charge is -1.98. The zero-order chi connectivity index (χ0) is 11.0. The van der Waals surface area contributed by atoms with Crippen LogP contribution in [0.3, 0.4) is 0 Å². The van der Waals surface area contributed by atoms with Gasteiger partial charge in [0.2, 0.25) is 5.82 Å². The topological polar surface area (TPSA) is 81.1 Å². The van der Waals surface area contributed by atoms with Crippen LogP contribution in [0.1, 0.15) is 16.2 Å². The molecule has 0 saturated carbocycles. The third-order valence-corrected chi connectivity index (χ3v) is 2.37. The quantitative estimate of drug-likeness (QED) is 0.757. The van der Waals surface area contributed by atoms with E-state index >= 15 is 0 Å². The zero-order valence-corrected chi connectivity index (χ0v) is 8.27. The minimum atomic E-state index is -1.03. The van der Waals surface area contributed by atoms with Gasteiger partial charge in [0.1, 0.15) is 0 Å². The molecular weight excluding hydrogens is 194 g/mol. The monoisotopic (exact) mass is 205 g/mol. The van der Waals surface area contributed by atoms with Crippen LogP contribution in [-0.2, 0) is 13.6 Å². The molecule has 15 heavy (non-hydrogen) atoms. The molecule has 5 nitrogen and oxygen atoms in total. The first-order valence-electron chi connectivity index (χ1n) is 4.52. The lowest BCUT2D eigenvalue weighted by Crippen LogP contribution is -2.05. The fraction of sp³-hybridized carbons (Fsp3) is 0.200. The smallest absolute Gasteiger partial charge is 0.372 e. The van der Waals surface area contributed by atoms with Crippen LogP contribution in [0.4, 0.5) is 0 Å². The van der Waals surface area contributed by atoms with Crippen molar-refractivity contribution >= 4 is 17.0 Å². The Hall–Kier alpha value is -1.88. The Labute approximate surface area is 86.1 Å². The van der Waals surface area contributed by atoms with Crippen LogP contribution in [-0.4, -0.2) is 20.6 Å². The van der Waals surface area contributed by atoms with Gasteiger partial charge in [-0.3, -0.25) is 0 Å². The zero-order valence-electron chi connectivity index (χ0n) is 8.27. The molecule has 1 aromatic heterocycles. The summed E-state index contributed by atoms with van der Waals surface area (Å²) >= 11 is 0. The van der Waals surface area contributed by atoms with Crippen molar-refractivity contribution in [3.05, 3.63) is 29.6 Å². The molecule has 5 heteroatoms. The maximum absolute atomic E-state index is 10.8. The Kier molecular flexibility index (Phi) is 2.17. The van der Waals surface area contributed by atoms with Crippen molar-refractivity contribution in [3.63, 3.8) is 0 Å². The molecule has 0 aliphatic rings. The lowest BCUT2D eigenvalue weighted by molar-refractivity contribution is 0.0680. The maximum atomic E-state index is 10.8. The lowest BCUT2D eigenvalue weighted by atomic mass is 10.2. The molecule has 1 aromatic carbocycles. The minimum Gasteiger partial charge on any atom is -0.475 e. The van der Waals surface area contributed by atoms with Crippen LogP contribution in [0.5, 0.6) is 0 Å². The summed E-state index contributed by atoms with van der Waals surface area (Å²) in [4.78, 5) is 14.9. The van der Waals surface area contributed by atoms with Crippen LogP contribution in [0, 0.1) is 0 Å². The molecule has 0 bridgehead atoms. The summed E-state index contributed by atoms with van der Waals surface area (Å²) in [5.74, 6) is -0.984. The fourth-order valence-electron chi connectivity index (χ4n) is 1.56. The van der Waals surface area contributed by atoms with Crippen molar-refractivity contribution in [3.8, 4) is 0 Å². The number of nitrogens with zero attached hydrogens (tertiary/aromatic N) is 2. The Morgan fingerprint density at radius 1 is 1.60 bits per heavy atom. The summed E-state index contributed by atoms with van der Waals surface area (Å²) in [6.45, 7) is 0.426. The van der Waals surface area contributed by atoms with E-state index in [0.717, 1.165) is 11.1 Å². The Balaban J connectivity index is 2.70. The van der Waals surface area contributed by atoms with Gasteiger partial charge in [0, 0.05) is 13.6 Å². The highest BCUT2D eigenvalue weighted by molar-refractivity contribution is 5.89. The van der Waals surface area contributed by atoms with Crippen molar-refractivity contribution in [1.29, 1.82) is 0 Å². The Morgan fingerprint density at radius 3 is 2.93 bits per heavy atom. The average molecular weight is 205 g/mol. The van der Waals surface area contributed by atoms with E-state index < -0.39 is 5.97 Å². The van der Waals surface area contributed by atoms with Crippen LogP contribution in [0.25, 0.3) is 11.0 Å². The molecule has 2 rings (SSSR count). The highest BCUT2D eigenvalue weighted by atomic mass is 16.4. The number of hydrogen-bond donors (Lipinski definition) is 2. The van der Waals surface area contributed by atoms with Gasteiger partial charge in [-0.05, 0) is 17.7 Å². The highest BCUT2D eigenvalue weighted by Crippen LogP contribution is 2.16. The number of carboxylic acid groups (broad SMARTS) is 1. The van der Waals surface area contributed by atoms with E-state index in [2.05, 4.69) is 4.98 Å².